The van der Waals surface area contributed by atoms with E-state index in [0.29, 0.717) is 17.9 Å². The van der Waals surface area contributed by atoms with Gasteiger partial charge in [-0.05, 0) is 42.4 Å². The summed E-state index contributed by atoms with van der Waals surface area (Å²) < 4.78 is 0. The number of carbonyl (C=O) groups is 2. The summed E-state index contributed by atoms with van der Waals surface area (Å²) in [4.78, 5) is 24.1. The van der Waals surface area contributed by atoms with Crippen molar-refractivity contribution < 1.29 is 19.9 Å². The fourth-order valence-electron chi connectivity index (χ4n) is 2.62. The molecule has 0 radical (unpaired) electrons. The van der Waals surface area contributed by atoms with E-state index < -0.39 is 17.9 Å². The molecule has 0 spiro atoms. The SMILES string of the molecule is CC(C)(C)C(CO)NC(=O)C(CCCc1ccc(Cl)cc1)CC(=O)NO. The number of hydroxylamine groups is 1. The smallest absolute Gasteiger partial charge is 0.244 e. The number of rotatable bonds is 9. The quantitative estimate of drug-likeness (QED) is 0.388. The molecule has 6 nitrogen and oxygen atoms in total. The topological polar surface area (TPSA) is 98.7 Å². The average Bonchev–Trinajstić information content (AvgIpc) is 2.58. The van der Waals surface area contributed by atoms with Crippen molar-refractivity contribution in [3.8, 4) is 0 Å². The Labute approximate surface area is 159 Å². The maximum atomic E-state index is 12.6. The fourth-order valence-corrected chi connectivity index (χ4v) is 2.75. The van der Waals surface area contributed by atoms with Crippen LogP contribution in [0.1, 0.15) is 45.6 Å². The lowest BCUT2D eigenvalue weighted by molar-refractivity contribution is -0.135. The van der Waals surface area contributed by atoms with Gasteiger partial charge in [0.2, 0.25) is 11.8 Å². The molecule has 1 aromatic carbocycles. The number of nitrogens with one attached hydrogen (secondary N) is 2. The zero-order valence-electron chi connectivity index (χ0n) is 15.6. The minimum Gasteiger partial charge on any atom is -0.394 e. The van der Waals surface area contributed by atoms with Gasteiger partial charge in [0.1, 0.15) is 0 Å². The Morgan fingerprint density at radius 1 is 1.19 bits per heavy atom. The molecule has 1 rings (SSSR count). The Morgan fingerprint density at radius 2 is 1.81 bits per heavy atom. The molecule has 146 valence electrons. The predicted molar refractivity (Wildman–Crippen MR) is 101 cm³/mol. The summed E-state index contributed by atoms with van der Waals surface area (Å²) in [5.74, 6) is -1.47. The summed E-state index contributed by atoms with van der Waals surface area (Å²) in [6.45, 7) is 5.58. The van der Waals surface area contributed by atoms with Crippen LogP contribution in [0.15, 0.2) is 24.3 Å². The van der Waals surface area contributed by atoms with Crippen molar-refractivity contribution in [1.29, 1.82) is 0 Å². The molecule has 0 heterocycles. The number of hydrogen-bond donors (Lipinski definition) is 4. The second kappa shape index (κ2) is 10.5. The second-order valence-corrected chi connectivity index (χ2v) is 8.00. The van der Waals surface area contributed by atoms with E-state index >= 15 is 0 Å². The van der Waals surface area contributed by atoms with Crippen LogP contribution in [0.4, 0.5) is 0 Å². The predicted octanol–water partition coefficient (Wildman–Crippen LogP) is 2.70. The lowest BCUT2D eigenvalue weighted by atomic mass is 9.86. The minimum atomic E-state index is -0.604. The molecule has 0 aliphatic carbocycles. The summed E-state index contributed by atoms with van der Waals surface area (Å²) in [5, 5.41) is 21.8. The maximum Gasteiger partial charge on any atom is 0.244 e. The van der Waals surface area contributed by atoms with Gasteiger partial charge in [-0.25, -0.2) is 5.48 Å². The van der Waals surface area contributed by atoms with Gasteiger partial charge in [-0.15, -0.1) is 0 Å². The Hall–Kier alpha value is -1.63. The Balaban J connectivity index is 2.69. The van der Waals surface area contributed by atoms with Gasteiger partial charge in [0, 0.05) is 17.4 Å². The molecule has 0 aromatic heterocycles. The van der Waals surface area contributed by atoms with Gasteiger partial charge in [-0.2, -0.15) is 0 Å². The molecule has 26 heavy (non-hydrogen) atoms. The molecule has 0 saturated heterocycles. The van der Waals surface area contributed by atoms with E-state index in [1.165, 1.54) is 0 Å². The van der Waals surface area contributed by atoms with Crippen LogP contribution < -0.4 is 10.8 Å². The molecule has 0 aliphatic heterocycles. The number of aliphatic hydroxyl groups is 1. The van der Waals surface area contributed by atoms with E-state index in [1.807, 2.05) is 45.0 Å². The van der Waals surface area contributed by atoms with Gasteiger partial charge in [-0.1, -0.05) is 44.5 Å². The van der Waals surface area contributed by atoms with Gasteiger partial charge in [0.15, 0.2) is 0 Å². The van der Waals surface area contributed by atoms with Crippen molar-refractivity contribution in [3.05, 3.63) is 34.9 Å². The number of aliphatic hydroxyl groups excluding tert-OH is 1. The lowest BCUT2D eigenvalue weighted by Crippen LogP contribution is -2.48. The van der Waals surface area contributed by atoms with E-state index in [1.54, 1.807) is 5.48 Å². The van der Waals surface area contributed by atoms with Crippen molar-refractivity contribution in [2.45, 2.75) is 52.5 Å². The number of halogens is 1. The van der Waals surface area contributed by atoms with Gasteiger partial charge in [-0.3, -0.25) is 14.8 Å². The number of amides is 2. The third kappa shape index (κ3) is 7.72. The molecule has 1 aromatic rings. The highest BCUT2D eigenvalue weighted by atomic mass is 35.5. The molecular weight excluding hydrogens is 356 g/mol. The van der Waals surface area contributed by atoms with E-state index in [4.69, 9.17) is 16.8 Å². The van der Waals surface area contributed by atoms with Crippen molar-refractivity contribution in [1.82, 2.24) is 10.8 Å². The molecule has 0 fully saturated rings. The van der Waals surface area contributed by atoms with Crippen LogP contribution in [0.2, 0.25) is 5.02 Å². The normalized spacial score (nSPS) is 13.8. The number of aryl methyl sites for hydroxylation is 1. The zero-order chi connectivity index (χ0) is 19.7. The lowest BCUT2D eigenvalue weighted by Gasteiger charge is -2.31. The van der Waals surface area contributed by atoms with E-state index in [0.717, 1.165) is 12.0 Å². The highest BCUT2D eigenvalue weighted by Crippen LogP contribution is 2.21. The maximum absolute atomic E-state index is 12.6. The first kappa shape index (κ1) is 22.4. The summed E-state index contributed by atoms with van der Waals surface area (Å²) >= 11 is 5.87. The Bertz CT molecular complexity index is 584. The minimum absolute atomic E-state index is 0.106. The van der Waals surface area contributed by atoms with Gasteiger partial charge in [0.05, 0.1) is 12.6 Å². The van der Waals surface area contributed by atoms with Crippen molar-refractivity contribution in [2.75, 3.05) is 6.61 Å². The number of hydrogen-bond acceptors (Lipinski definition) is 4. The summed E-state index contributed by atoms with van der Waals surface area (Å²) in [5.41, 5.74) is 2.37. The van der Waals surface area contributed by atoms with Crippen LogP contribution in [0, 0.1) is 11.3 Å². The summed E-state index contributed by atoms with van der Waals surface area (Å²) in [7, 11) is 0. The molecule has 2 unspecified atom stereocenters. The molecule has 2 amide bonds. The molecule has 0 saturated carbocycles. The van der Waals surface area contributed by atoms with Gasteiger partial charge < -0.3 is 10.4 Å². The van der Waals surface area contributed by atoms with Crippen LogP contribution >= 0.6 is 11.6 Å². The molecule has 4 N–H and O–H groups in total. The largest absolute Gasteiger partial charge is 0.394 e. The highest BCUT2D eigenvalue weighted by Gasteiger charge is 2.29. The van der Waals surface area contributed by atoms with Crippen molar-refractivity contribution in [3.63, 3.8) is 0 Å². The van der Waals surface area contributed by atoms with Gasteiger partial charge in [0.25, 0.3) is 0 Å². The molecular formula is C19H29ClN2O4. The monoisotopic (exact) mass is 384 g/mol. The average molecular weight is 385 g/mol. The summed E-state index contributed by atoms with van der Waals surface area (Å²) in [6.07, 6.45) is 1.84. The molecule has 0 bridgehead atoms. The third-order valence-electron chi connectivity index (χ3n) is 4.40. The van der Waals surface area contributed by atoms with Crippen LogP contribution in [0.5, 0.6) is 0 Å². The molecule has 7 heteroatoms. The van der Waals surface area contributed by atoms with E-state index in [2.05, 4.69) is 5.32 Å². The summed E-state index contributed by atoms with van der Waals surface area (Å²) in [6, 6.07) is 7.08. The van der Waals surface area contributed by atoms with Gasteiger partial charge >= 0.3 is 0 Å². The Morgan fingerprint density at radius 3 is 2.31 bits per heavy atom. The third-order valence-corrected chi connectivity index (χ3v) is 4.66. The van der Waals surface area contributed by atoms with Crippen molar-refractivity contribution >= 4 is 23.4 Å². The first-order valence-corrected chi connectivity index (χ1v) is 9.13. The van der Waals surface area contributed by atoms with Crippen LogP contribution in [-0.4, -0.2) is 34.8 Å². The van der Waals surface area contributed by atoms with Crippen molar-refractivity contribution in [2.24, 2.45) is 11.3 Å². The van der Waals surface area contributed by atoms with Crippen LogP contribution in [0.25, 0.3) is 0 Å². The molecule has 2 atom stereocenters. The second-order valence-electron chi connectivity index (χ2n) is 7.56. The van der Waals surface area contributed by atoms with Crippen LogP contribution in [-0.2, 0) is 16.0 Å². The first-order chi connectivity index (χ1) is 12.2. The van der Waals surface area contributed by atoms with E-state index in [9.17, 15) is 14.7 Å². The number of benzene rings is 1. The number of carbonyl (C=O) groups excluding carboxylic acids is 2. The van der Waals surface area contributed by atoms with Crippen LogP contribution in [0.3, 0.4) is 0 Å². The standard InChI is InChI=1S/C19H29ClN2O4/c1-19(2,3)16(12-23)21-18(25)14(11-17(24)22-26)6-4-5-13-7-9-15(20)10-8-13/h7-10,14,16,23,26H,4-6,11-12H2,1-3H3,(H,21,25)(H,22,24). The fraction of sp³-hybridized carbons (Fsp3) is 0.579. The first-order valence-electron chi connectivity index (χ1n) is 8.76. The van der Waals surface area contributed by atoms with E-state index in [-0.39, 0.29) is 24.3 Å². The highest BCUT2D eigenvalue weighted by molar-refractivity contribution is 6.30. The molecule has 0 aliphatic rings. The Kier molecular flexibility index (Phi) is 9.05. The zero-order valence-corrected chi connectivity index (χ0v) is 16.3.